The minimum atomic E-state index is -0.418. The number of amides is 2. The van der Waals surface area contributed by atoms with Crippen molar-refractivity contribution in [1.29, 1.82) is 0 Å². The standard InChI is InChI=1S/C13H18ClN3O2/c1-16(2)12-4-3-9(14)7-11(12)15-13(19)17-6-5-10(18)8-17/h3-4,7,10,18H,5-6,8H2,1-2H3,(H,15,19). The molecule has 1 heterocycles. The number of hydrogen-bond donors (Lipinski definition) is 2. The highest BCUT2D eigenvalue weighted by Crippen LogP contribution is 2.28. The smallest absolute Gasteiger partial charge is 0.321 e. The molecule has 0 aromatic heterocycles. The molecule has 1 aliphatic heterocycles. The van der Waals surface area contributed by atoms with Gasteiger partial charge in [-0.25, -0.2) is 4.79 Å². The molecule has 0 aliphatic carbocycles. The number of urea groups is 1. The van der Waals surface area contributed by atoms with Crippen LogP contribution in [0.15, 0.2) is 18.2 Å². The van der Waals surface area contributed by atoms with Gasteiger partial charge >= 0.3 is 6.03 Å². The van der Waals surface area contributed by atoms with Gasteiger partial charge in [-0.3, -0.25) is 0 Å². The molecule has 19 heavy (non-hydrogen) atoms. The number of nitrogens with one attached hydrogen (secondary N) is 1. The van der Waals surface area contributed by atoms with Gasteiger partial charge in [-0.05, 0) is 24.6 Å². The van der Waals surface area contributed by atoms with Crippen molar-refractivity contribution in [2.45, 2.75) is 12.5 Å². The topological polar surface area (TPSA) is 55.8 Å². The van der Waals surface area contributed by atoms with E-state index in [1.54, 1.807) is 17.0 Å². The third-order valence-electron chi connectivity index (χ3n) is 3.13. The number of carbonyl (C=O) groups is 1. The molecule has 1 aromatic rings. The normalized spacial score (nSPS) is 18.5. The van der Waals surface area contributed by atoms with Crippen LogP contribution < -0.4 is 10.2 Å². The van der Waals surface area contributed by atoms with E-state index in [4.69, 9.17) is 11.6 Å². The van der Waals surface area contributed by atoms with E-state index in [-0.39, 0.29) is 6.03 Å². The predicted molar refractivity (Wildman–Crippen MR) is 77.0 cm³/mol. The molecule has 0 radical (unpaired) electrons. The summed E-state index contributed by atoms with van der Waals surface area (Å²) in [6, 6.07) is 5.16. The fourth-order valence-electron chi connectivity index (χ4n) is 2.12. The maximum absolute atomic E-state index is 12.1. The highest BCUT2D eigenvalue weighted by atomic mass is 35.5. The molecule has 1 aliphatic rings. The molecule has 0 bridgehead atoms. The zero-order chi connectivity index (χ0) is 14.0. The van der Waals surface area contributed by atoms with Crippen molar-refractivity contribution in [3.8, 4) is 0 Å². The summed E-state index contributed by atoms with van der Waals surface area (Å²) in [6.07, 6.45) is 0.210. The molecule has 1 atom stereocenters. The fourth-order valence-corrected chi connectivity index (χ4v) is 2.29. The van der Waals surface area contributed by atoms with Crippen LogP contribution in [-0.2, 0) is 0 Å². The van der Waals surface area contributed by atoms with Crippen molar-refractivity contribution < 1.29 is 9.90 Å². The number of benzene rings is 1. The summed E-state index contributed by atoms with van der Waals surface area (Å²) in [5, 5.41) is 12.9. The summed E-state index contributed by atoms with van der Waals surface area (Å²) >= 11 is 5.96. The molecule has 1 unspecified atom stereocenters. The van der Waals surface area contributed by atoms with Crippen LogP contribution in [0.1, 0.15) is 6.42 Å². The largest absolute Gasteiger partial charge is 0.391 e. The van der Waals surface area contributed by atoms with E-state index in [1.807, 2.05) is 25.1 Å². The van der Waals surface area contributed by atoms with Crippen molar-refractivity contribution in [1.82, 2.24) is 4.90 Å². The summed E-state index contributed by atoms with van der Waals surface area (Å²) in [4.78, 5) is 15.6. The van der Waals surface area contributed by atoms with Crippen LogP contribution in [0, 0.1) is 0 Å². The van der Waals surface area contributed by atoms with E-state index in [9.17, 15) is 9.90 Å². The molecule has 1 saturated heterocycles. The summed E-state index contributed by atoms with van der Waals surface area (Å²) in [5.74, 6) is 0. The van der Waals surface area contributed by atoms with E-state index in [1.165, 1.54) is 0 Å². The molecular formula is C13H18ClN3O2. The molecule has 2 N–H and O–H groups in total. The van der Waals surface area contributed by atoms with Gasteiger partial charge in [0.1, 0.15) is 0 Å². The first-order chi connectivity index (χ1) is 8.97. The molecule has 6 heteroatoms. The number of nitrogens with zero attached hydrogens (tertiary/aromatic N) is 2. The molecule has 2 amide bonds. The molecule has 1 fully saturated rings. The van der Waals surface area contributed by atoms with Crippen LogP contribution in [0.3, 0.4) is 0 Å². The first kappa shape index (κ1) is 14.0. The van der Waals surface area contributed by atoms with Gasteiger partial charge in [0.05, 0.1) is 17.5 Å². The maximum Gasteiger partial charge on any atom is 0.321 e. The highest BCUT2D eigenvalue weighted by molar-refractivity contribution is 6.31. The van der Waals surface area contributed by atoms with Crippen molar-refractivity contribution in [3.63, 3.8) is 0 Å². The number of aliphatic hydroxyl groups is 1. The Morgan fingerprint density at radius 3 is 2.84 bits per heavy atom. The van der Waals surface area contributed by atoms with Crippen LogP contribution in [0.5, 0.6) is 0 Å². The van der Waals surface area contributed by atoms with E-state index in [0.717, 1.165) is 5.69 Å². The summed E-state index contributed by atoms with van der Waals surface area (Å²) in [6.45, 7) is 0.953. The average Bonchev–Trinajstić information content (AvgIpc) is 2.75. The predicted octanol–water partition coefficient (Wildman–Crippen LogP) is 2.00. The number of hydrogen-bond acceptors (Lipinski definition) is 3. The van der Waals surface area contributed by atoms with Crippen LogP contribution in [0.2, 0.25) is 5.02 Å². The first-order valence-corrected chi connectivity index (χ1v) is 6.56. The lowest BCUT2D eigenvalue weighted by Gasteiger charge is -2.21. The Morgan fingerprint density at radius 2 is 2.26 bits per heavy atom. The molecule has 0 saturated carbocycles. The maximum atomic E-state index is 12.1. The number of likely N-dealkylation sites (tertiary alicyclic amines) is 1. The van der Waals surface area contributed by atoms with Crippen LogP contribution >= 0.6 is 11.6 Å². The molecular weight excluding hydrogens is 266 g/mol. The van der Waals surface area contributed by atoms with Crippen LogP contribution in [-0.4, -0.2) is 49.3 Å². The molecule has 2 rings (SSSR count). The zero-order valence-corrected chi connectivity index (χ0v) is 11.8. The summed E-state index contributed by atoms with van der Waals surface area (Å²) < 4.78 is 0. The third kappa shape index (κ3) is 3.30. The molecule has 5 nitrogen and oxygen atoms in total. The Kier molecular flexibility index (Phi) is 4.17. The van der Waals surface area contributed by atoms with E-state index < -0.39 is 6.10 Å². The van der Waals surface area contributed by atoms with Crippen molar-refractivity contribution in [2.75, 3.05) is 37.4 Å². The first-order valence-electron chi connectivity index (χ1n) is 6.18. The Hall–Kier alpha value is -1.46. The second-order valence-electron chi connectivity index (χ2n) is 4.87. The SMILES string of the molecule is CN(C)c1ccc(Cl)cc1NC(=O)N1CCC(O)C1. The number of β-amino-alcohol motifs (C(OH)–C–C–N with tert-alkyl or cyclic N) is 1. The molecule has 104 valence electrons. The third-order valence-corrected chi connectivity index (χ3v) is 3.37. The molecule has 1 aromatic carbocycles. The Morgan fingerprint density at radius 1 is 1.53 bits per heavy atom. The van der Waals surface area contributed by atoms with Gasteiger partial charge in [0.2, 0.25) is 0 Å². The van der Waals surface area contributed by atoms with Gasteiger partial charge in [-0.2, -0.15) is 0 Å². The summed E-state index contributed by atoms with van der Waals surface area (Å²) in [5.41, 5.74) is 1.56. The lowest BCUT2D eigenvalue weighted by Crippen LogP contribution is -2.34. The van der Waals surface area contributed by atoms with Gasteiger partial charge in [-0.15, -0.1) is 0 Å². The lowest BCUT2D eigenvalue weighted by atomic mass is 10.2. The number of halogens is 1. The second-order valence-corrected chi connectivity index (χ2v) is 5.31. The van der Waals surface area contributed by atoms with Crippen molar-refractivity contribution >= 4 is 29.0 Å². The quantitative estimate of drug-likeness (QED) is 0.873. The van der Waals surface area contributed by atoms with E-state index >= 15 is 0 Å². The average molecular weight is 284 g/mol. The van der Waals surface area contributed by atoms with Crippen LogP contribution in [0.25, 0.3) is 0 Å². The Labute approximate surface area is 117 Å². The van der Waals surface area contributed by atoms with Crippen molar-refractivity contribution in [2.24, 2.45) is 0 Å². The van der Waals surface area contributed by atoms with E-state index in [0.29, 0.717) is 30.2 Å². The van der Waals surface area contributed by atoms with Gasteiger partial charge in [0.15, 0.2) is 0 Å². The van der Waals surface area contributed by atoms with Gasteiger partial charge in [0, 0.05) is 32.2 Å². The van der Waals surface area contributed by atoms with Gasteiger partial charge in [0.25, 0.3) is 0 Å². The highest BCUT2D eigenvalue weighted by Gasteiger charge is 2.25. The molecule has 0 spiro atoms. The minimum Gasteiger partial charge on any atom is -0.391 e. The Balaban J connectivity index is 2.14. The Bertz CT molecular complexity index is 479. The second kappa shape index (κ2) is 5.67. The van der Waals surface area contributed by atoms with Crippen LogP contribution in [0.4, 0.5) is 16.2 Å². The monoisotopic (exact) mass is 283 g/mol. The number of rotatable bonds is 2. The lowest BCUT2D eigenvalue weighted by molar-refractivity contribution is 0.176. The number of aliphatic hydroxyl groups excluding tert-OH is 1. The van der Waals surface area contributed by atoms with Gasteiger partial charge < -0.3 is 20.2 Å². The van der Waals surface area contributed by atoms with Crippen molar-refractivity contribution in [3.05, 3.63) is 23.2 Å². The van der Waals surface area contributed by atoms with E-state index in [2.05, 4.69) is 5.32 Å². The number of anilines is 2. The summed E-state index contributed by atoms with van der Waals surface area (Å²) in [7, 11) is 3.80. The minimum absolute atomic E-state index is 0.207. The zero-order valence-electron chi connectivity index (χ0n) is 11.1. The number of carbonyl (C=O) groups excluding carboxylic acids is 1. The van der Waals surface area contributed by atoms with Gasteiger partial charge in [-0.1, -0.05) is 11.6 Å². The fraction of sp³-hybridized carbons (Fsp3) is 0.462.